The molecule has 5 rings (SSSR count). The maximum atomic E-state index is 13.7. The van der Waals surface area contributed by atoms with Crippen LogP contribution in [0.4, 0.5) is 5.69 Å². The summed E-state index contributed by atoms with van der Waals surface area (Å²) in [6.45, 7) is 0. The summed E-state index contributed by atoms with van der Waals surface area (Å²) < 4.78 is 27.4. The Bertz CT molecular complexity index is 1440. The van der Waals surface area contributed by atoms with Crippen LogP contribution >= 0.6 is 0 Å². The number of carbonyl (C=O) groups excluding carboxylic acids is 2. The van der Waals surface area contributed by atoms with Crippen molar-refractivity contribution in [2.75, 3.05) is 26.2 Å². The van der Waals surface area contributed by atoms with E-state index in [1.54, 1.807) is 54.6 Å². The number of ketones is 1. The molecule has 2 aromatic heterocycles. The molecule has 35 heavy (non-hydrogen) atoms. The van der Waals surface area contributed by atoms with E-state index in [4.69, 9.17) is 23.0 Å². The van der Waals surface area contributed by atoms with Gasteiger partial charge in [0.1, 0.15) is 23.3 Å². The highest BCUT2D eigenvalue weighted by molar-refractivity contribution is 6.20. The number of nitrogens with zero attached hydrogens (tertiary/aromatic N) is 1. The number of anilines is 1. The zero-order valence-corrected chi connectivity index (χ0v) is 19.1. The van der Waals surface area contributed by atoms with Gasteiger partial charge in [0.05, 0.1) is 38.9 Å². The Morgan fingerprint density at radius 2 is 1.71 bits per heavy atom. The van der Waals surface area contributed by atoms with Gasteiger partial charge in [0.25, 0.3) is 5.91 Å². The van der Waals surface area contributed by atoms with Crippen LogP contribution in [-0.4, -0.2) is 38.1 Å². The predicted octanol–water partition coefficient (Wildman–Crippen LogP) is 4.83. The molecule has 2 aromatic carbocycles. The first-order valence-corrected chi connectivity index (χ1v) is 10.6. The fraction of sp³-hybridized carbons (Fsp3) is 0.154. The Morgan fingerprint density at radius 3 is 2.34 bits per heavy atom. The Labute approximate surface area is 199 Å². The van der Waals surface area contributed by atoms with Crippen LogP contribution in [0.3, 0.4) is 0 Å². The molecule has 1 aliphatic rings. The number of Topliss-reactive ketones (excluding diaryl/α,β-unsaturated/α-hetero) is 1. The summed E-state index contributed by atoms with van der Waals surface area (Å²) >= 11 is 0. The third-order valence-corrected chi connectivity index (χ3v) is 5.83. The van der Waals surface area contributed by atoms with Crippen molar-refractivity contribution >= 4 is 28.3 Å². The molecule has 1 atom stereocenters. The van der Waals surface area contributed by atoms with Gasteiger partial charge in [-0.05, 0) is 24.3 Å². The van der Waals surface area contributed by atoms with E-state index in [0.717, 1.165) is 0 Å². The first kappa shape index (κ1) is 22.1. The molecule has 4 aromatic rings. The molecule has 0 bridgehead atoms. The highest BCUT2D eigenvalue weighted by Gasteiger charge is 2.47. The zero-order valence-electron chi connectivity index (χ0n) is 19.1. The second kappa shape index (κ2) is 8.60. The third kappa shape index (κ3) is 3.57. The molecule has 9 nitrogen and oxygen atoms in total. The smallest absolute Gasteiger partial charge is 0.294 e. The van der Waals surface area contributed by atoms with Crippen LogP contribution < -0.4 is 19.1 Å². The number of carbonyl (C=O) groups is 2. The van der Waals surface area contributed by atoms with Crippen LogP contribution in [0.2, 0.25) is 0 Å². The van der Waals surface area contributed by atoms with E-state index in [2.05, 4.69) is 0 Å². The lowest BCUT2D eigenvalue weighted by Crippen LogP contribution is -2.30. The van der Waals surface area contributed by atoms with Gasteiger partial charge in [-0.3, -0.25) is 14.5 Å². The van der Waals surface area contributed by atoms with Crippen LogP contribution in [0.25, 0.3) is 11.0 Å². The van der Waals surface area contributed by atoms with Crippen LogP contribution in [0.1, 0.15) is 22.4 Å². The Balaban J connectivity index is 1.65. The quantitative estimate of drug-likeness (QED) is 0.378. The molecule has 0 radical (unpaired) electrons. The highest BCUT2D eigenvalue weighted by atomic mass is 16.5. The zero-order chi connectivity index (χ0) is 24.7. The number of ether oxygens (including phenoxy) is 3. The number of furan rings is 2. The molecule has 0 aliphatic carbocycles. The van der Waals surface area contributed by atoms with E-state index >= 15 is 0 Å². The van der Waals surface area contributed by atoms with Crippen LogP contribution in [0.5, 0.6) is 17.2 Å². The van der Waals surface area contributed by atoms with Crippen molar-refractivity contribution in [1.82, 2.24) is 0 Å². The molecule has 1 aliphatic heterocycles. The average Bonchev–Trinajstić information content (AvgIpc) is 3.62. The minimum Gasteiger partial charge on any atom is -0.503 e. The molecular weight excluding hydrogens is 454 g/mol. The third-order valence-electron chi connectivity index (χ3n) is 5.83. The summed E-state index contributed by atoms with van der Waals surface area (Å²) in [4.78, 5) is 28.3. The average molecular weight is 475 g/mol. The number of hydrogen-bond donors (Lipinski definition) is 1. The maximum absolute atomic E-state index is 13.7. The van der Waals surface area contributed by atoms with Gasteiger partial charge < -0.3 is 28.2 Å². The minimum absolute atomic E-state index is 0.0551. The first-order valence-electron chi connectivity index (χ1n) is 10.6. The molecule has 1 N–H and O–H groups in total. The largest absolute Gasteiger partial charge is 0.503 e. The number of aliphatic hydroxyl groups is 1. The molecule has 1 unspecified atom stereocenters. The van der Waals surface area contributed by atoms with E-state index in [9.17, 15) is 14.7 Å². The van der Waals surface area contributed by atoms with Gasteiger partial charge in [0.2, 0.25) is 5.78 Å². The summed E-state index contributed by atoms with van der Waals surface area (Å²) in [6, 6.07) is 13.8. The molecule has 0 fully saturated rings. The number of para-hydroxylation sites is 1. The molecular formula is C26H21NO8. The van der Waals surface area contributed by atoms with Gasteiger partial charge >= 0.3 is 0 Å². The van der Waals surface area contributed by atoms with Crippen LogP contribution in [-0.2, 0) is 4.79 Å². The second-order valence-corrected chi connectivity index (χ2v) is 7.74. The molecule has 9 heteroatoms. The van der Waals surface area contributed by atoms with Gasteiger partial charge in [-0.2, -0.15) is 0 Å². The summed E-state index contributed by atoms with van der Waals surface area (Å²) in [5, 5.41) is 11.6. The highest BCUT2D eigenvalue weighted by Crippen LogP contribution is 2.44. The van der Waals surface area contributed by atoms with Crippen LogP contribution in [0.15, 0.2) is 81.0 Å². The van der Waals surface area contributed by atoms with Crippen molar-refractivity contribution in [2.45, 2.75) is 6.04 Å². The minimum atomic E-state index is -1.06. The van der Waals surface area contributed by atoms with Gasteiger partial charge in [0.15, 0.2) is 22.9 Å². The number of hydrogen-bond acceptors (Lipinski definition) is 8. The van der Waals surface area contributed by atoms with Gasteiger partial charge in [0, 0.05) is 23.6 Å². The summed E-state index contributed by atoms with van der Waals surface area (Å²) in [6.07, 6.45) is 1.42. The molecule has 1 amide bonds. The fourth-order valence-electron chi connectivity index (χ4n) is 4.19. The predicted molar refractivity (Wildman–Crippen MR) is 125 cm³/mol. The molecule has 3 heterocycles. The van der Waals surface area contributed by atoms with Gasteiger partial charge in [-0.15, -0.1) is 0 Å². The lowest BCUT2D eigenvalue weighted by molar-refractivity contribution is -0.117. The van der Waals surface area contributed by atoms with Crippen molar-refractivity contribution in [2.24, 2.45) is 0 Å². The Hall–Kier alpha value is -4.66. The fourth-order valence-corrected chi connectivity index (χ4v) is 4.19. The van der Waals surface area contributed by atoms with Crippen molar-refractivity contribution in [3.8, 4) is 17.2 Å². The lowest BCUT2D eigenvalue weighted by Gasteiger charge is -2.25. The molecule has 0 saturated carbocycles. The molecule has 178 valence electrons. The lowest BCUT2D eigenvalue weighted by atomic mass is 9.99. The van der Waals surface area contributed by atoms with Crippen molar-refractivity contribution in [1.29, 1.82) is 0 Å². The van der Waals surface area contributed by atoms with E-state index in [-0.39, 0.29) is 17.1 Å². The van der Waals surface area contributed by atoms with Crippen molar-refractivity contribution in [3.05, 3.63) is 83.7 Å². The van der Waals surface area contributed by atoms with Crippen molar-refractivity contribution in [3.63, 3.8) is 0 Å². The Kier molecular flexibility index (Phi) is 5.44. The van der Waals surface area contributed by atoms with E-state index < -0.39 is 23.5 Å². The number of rotatable bonds is 7. The maximum Gasteiger partial charge on any atom is 0.294 e. The molecule has 0 saturated heterocycles. The summed E-state index contributed by atoms with van der Waals surface area (Å²) in [5.74, 6) is -0.614. The topological polar surface area (TPSA) is 112 Å². The van der Waals surface area contributed by atoms with E-state index in [1.165, 1.54) is 32.5 Å². The van der Waals surface area contributed by atoms with Crippen LogP contribution in [0, 0.1) is 0 Å². The monoisotopic (exact) mass is 475 g/mol. The number of methoxy groups -OCH3 is 3. The first-order chi connectivity index (χ1) is 17.0. The number of aliphatic hydroxyl groups excluding tert-OH is 1. The standard InChI is InChI=1S/C26H21NO8/c1-31-16-11-15(12-17(13-16)32-2)27-22(18-8-5-9-34-18)21(24(29)26(27)30)23(28)20-10-14-6-4-7-19(33-3)25(14)35-20/h4-13,22,29H,1-3H3. The normalized spacial score (nSPS) is 15.7. The summed E-state index contributed by atoms with van der Waals surface area (Å²) in [7, 11) is 4.46. The van der Waals surface area contributed by atoms with Gasteiger partial charge in [-0.25, -0.2) is 0 Å². The second-order valence-electron chi connectivity index (χ2n) is 7.74. The van der Waals surface area contributed by atoms with Gasteiger partial charge in [-0.1, -0.05) is 12.1 Å². The number of fused-ring (bicyclic) bond motifs is 1. The number of amides is 1. The van der Waals surface area contributed by atoms with E-state index in [0.29, 0.717) is 33.9 Å². The van der Waals surface area contributed by atoms with Crippen molar-refractivity contribution < 1.29 is 37.7 Å². The molecule has 0 spiro atoms. The SMILES string of the molecule is COc1cc(OC)cc(N2C(=O)C(O)=C(C(=O)c3cc4cccc(OC)c4o3)C2c2ccco2)c1. The number of benzene rings is 2. The van der Waals surface area contributed by atoms with E-state index in [1.807, 2.05) is 0 Å². The summed E-state index contributed by atoms with van der Waals surface area (Å²) in [5.41, 5.74) is 0.546. The Morgan fingerprint density at radius 1 is 0.971 bits per heavy atom.